The third kappa shape index (κ3) is 4.00. The number of benzene rings is 3. The lowest BCUT2D eigenvalue weighted by atomic mass is 10.2. The normalized spacial score (nSPS) is 11.0. The molecule has 7 heteroatoms. The van der Waals surface area contributed by atoms with Crippen molar-refractivity contribution in [2.75, 3.05) is 11.9 Å². The summed E-state index contributed by atoms with van der Waals surface area (Å²) in [5.41, 5.74) is 5.57. The minimum atomic E-state index is 0.609. The van der Waals surface area contributed by atoms with Crippen LogP contribution in [0.1, 0.15) is 12.5 Å². The van der Waals surface area contributed by atoms with Crippen molar-refractivity contribution >= 4 is 44.0 Å². The zero-order valence-electron chi connectivity index (χ0n) is 17.1. The number of ether oxygens (including phenoxy) is 2. The van der Waals surface area contributed by atoms with E-state index >= 15 is 0 Å². The highest BCUT2D eigenvalue weighted by Crippen LogP contribution is 2.32. The van der Waals surface area contributed by atoms with Crippen molar-refractivity contribution < 1.29 is 9.47 Å². The molecule has 6 nitrogen and oxygen atoms in total. The Morgan fingerprint density at radius 3 is 2.68 bits per heavy atom. The van der Waals surface area contributed by atoms with Crippen molar-refractivity contribution in [2.45, 2.75) is 13.8 Å². The Kier molecular flexibility index (Phi) is 5.09. The maximum absolute atomic E-state index is 6.10. The number of aryl methyl sites for hydroxylation is 1. The van der Waals surface area contributed by atoms with E-state index in [9.17, 15) is 0 Å². The van der Waals surface area contributed by atoms with Gasteiger partial charge in [-0.05, 0) is 67.9 Å². The van der Waals surface area contributed by atoms with Crippen LogP contribution in [0.3, 0.4) is 0 Å². The Balaban J connectivity index is 1.40. The number of aromatic nitrogens is 3. The van der Waals surface area contributed by atoms with Gasteiger partial charge < -0.3 is 14.8 Å². The number of thiazole rings is 1. The number of fused-ring (bicyclic) bond motifs is 2. The van der Waals surface area contributed by atoms with Crippen molar-refractivity contribution in [3.05, 3.63) is 72.0 Å². The lowest BCUT2D eigenvalue weighted by molar-refractivity contribution is 0.340. The van der Waals surface area contributed by atoms with E-state index in [-0.39, 0.29) is 0 Å². The van der Waals surface area contributed by atoms with Crippen LogP contribution in [0, 0.1) is 6.92 Å². The molecule has 1 N–H and O–H groups in total. The van der Waals surface area contributed by atoms with Gasteiger partial charge in [-0.3, -0.25) is 0 Å². The molecule has 31 heavy (non-hydrogen) atoms. The summed E-state index contributed by atoms with van der Waals surface area (Å²) >= 11 is 1.62. The number of hydrogen-bond acceptors (Lipinski definition) is 7. The molecule has 5 rings (SSSR count). The Morgan fingerprint density at radius 1 is 0.903 bits per heavy atom. The average molecular weight is 429 g/mol. The van der Waals surface area contributed by atoms with Crippen LogP contribution in [-0.2, 0) is 0 Å². The molecule has 0 spiro atoms. The molecule has 3 aromatic carbocycles. The number of nitrogens with one attached hydrogen (secondary N) is 1. The summed E-state index contributed by atoms with van der Waals surface area (Å²) in [5.74, 6) is 3.09. The maximum atomic E-state index is 6.10. The first-order chi connectivity index (χ1) is 15.2. The third-order valence-electron chi connectivity index (χ3n) is 4.89. The molecular formula is C24H20N4O2S. The molecule has 154 valence electrons. The minimum absolute atomic E-state index is 0.609. The molecule has 2 heterocycles. The van der Waals surface area contributed by atoms with Crippen LogP contribution in [0.4, 0.5) is 11.5 Å². The number of anilines is 2. The van der Waals surface area contributed by atoms with Gasteiger partial charge >= 0.3 is 0 Å². The molecule has 0 aliphatic heterocycles. The number of rotatable bonds is 6. The van der Waals surface area contributed by atoms with Gasteiger partial charge in [0.1, 0.15) is 29.4 Å². The van der Waals surface area contributed by atoms with Gasteiger partial charge in [-0.25, -0.2) is 15.0 Å². The summed E-state index contributed by atoms with van der Waals surface area (Å²) in [7, 11) is 0. The minimum Gasteiger partial charge on any atom is -0.494 e. The van der Waals surface area contributed by atoms with E-state index in [1.165, 1.54) is 0 Å². The van der Waals surface area contributed by atoms with Gasteiger partial charge in [0.05, 0.1) is 27.9 Å². The van der Waals surface area contributed by atoms with Crippen molar-refractivity contribution in [1.29, 1.82) is 0 Å². The summed E-state index contributed by atoms with van der Waals surface area (Å²) < 4.78 is 12.9. The molecule has 0 unspecified atom stereocenters. The van der Waals surface area contributed by atoms with Gasteiger partial charge in [0.25, 0.3) is 0 Å². The van der Waals surface area contributed by atoms with Crippen LogP contribution >= 0.6 is 11.3 Å². The van der Waals surface area contributed by atoms with Crippen LogP contribution in [-0.4, -0.2) is 21.6 Å². The lowest BCUT2D eigenvalue weighted by Crippen LogP contribution is -1.98. The second-order valence-corrected chi connectivity index (χ2v) is 7.91. The second kappa shape index (κ2) is 8.20. The smallest absolute Gasteiger partial charge is 0.141 e. The highest BCUT2D eigenvalue weighted by Gasteiger charge is 2.09. The Bertz CT molecular complexity index is 1380. The zero-order chi connectivity index (χ0) is 21.2. The fourth-order valence-electron chi connectivity index (χ4n) is 3.40. The largest absolute Gasteiger partial charge is 0.494 e. The highest BCUT2D eigenvalue weighted by atomic mass is 32.1. The van der Waals surface area contributed by atoms with Crippen molar-refractivity contribution in [2.24, 2.45) is 0 Å². The van der Waals surface area contributed by atoms with Gasteiger partial charge in [0.15, 0.2) is 0 Å². The van der Waals surface area contributed by atoms with Crippen molar-refractivity contribution in [1.82, 2.24) is 15.0 Å². The van der Waals surface area contributed by atoms with Gasteiger partial charge in [-0.2, -0.15) is 0 Å². The van der Waals surface area contributed by atoms with Crippen molar-refractivity contribution in [3.8, 4) is 17.2 Å². The molecule has 0 aliphatic rings. The molecule has 0 saturated heterocycles. The molecule has 0 aliphatic carbocycles. The predicted molar refractivity (Wildman–Crippen MR) is 125 cm³/mol. The van der Waals surface area contributed by atoms with E-state index in [1.54, 1.807) is 17.7 Å². The van der Waals surface area contributed by atoms with Crippen LogP contribution < -0.4 is 14.8 Å². The molecule has 2 aromatic heterocycles. The van der Waals surface area contributed by atoms with Gasteiger partial charge in [-0.15, -0.1) is 11.3 Å². The molecule has 0 atom stereocenters. The average Bonchev–Trinajstić information content (AvgIpc) is 3.24. The summed E-state index contributed by atoms with van der Waals surface area (Å²) in [5, 5.41) is 4.30. The quantitative estimate of drug-likeness (QED) is 0.334. The van der Waals surface area contributed by atoms with Crippen LogP contribution in [0.25, 0.3) is 21.1 Å². The standard InChI is InChI=1S/C24H20N4O2S/c1-3-29-17-5-7-20-19(11-17)24(26-13-25-20)28-16-4-8-22(15(2)10-16)30-18-6-9-23-21(12-18)27-14-31-23/h4-14H,3H2,1-2H3,(H,25,26,28). The molecule has 0 amide bonds. The predicted octanol–water partition coefficient (Wildman–Crippen LogP) is 6.48. The van der Waals surface area contributed by atoms with Crippen LogP contribution in [0.5, 0.6) is 17.2 Å². The van der Waals surface area contributed by atoms with E-state index in [2.05, 4.69) is 20.3 Å². The Morgan fingerprint density at radius 2 is 1.81 bits per heavy atom. The van der Waals surface area contributed by atoms with Gasteiger partial charge in [0, 0.05) is 17.1 Å². The second-order valence-electron chi connectivity index (χ2n) is 7.02. The molecule has 5 aromatic rings. The molecule has 0 radical (unpaired) electrons. The Labute approximate surface area is 183 Å². The first-order valence-electron chi connectivity index (χ1n) is 9.96. The van der Waals surface area contributed by atoms with Crippen molar-refractivity contribution in [3.63, 3.8) is 0 Å². The van der Waals surface area contributed by atoms with E-state index in [4.69, 9.17) is 9.47 Å². The third-order valence-corrected chi connectivity index (χ3v) is 5.70. The fraction of sp³-hybridized carbons (Fsp3) is 0.125. The maximum Gasteiger partial charge on any atom is 0.141 e. The van der Waals surface area contributed by atoms with Crippen LogP contribution in [0.2, 0.25) is 0 Å². The molecule has 0 saturated carbocycles. The molecule has 0 bridgehead atoms. The highest BCUT2D eigenvalue weighted by molar-refractivity contribution is 7.16. The first kappa shape index (κ1) is 19.3. The van der Waals surface area contributed by atoms with E-state index in [1.807, 2.05) is 74.0 Å². The Hall–Kier alpha value is -3.71. The molecule has 0 fully saturated rings. The lowest BCUT2D eigenvalue weighted by Gasteiger charge is -2.13. The first-order valence-corrected chi connectivity index (χ1v) is 10.8. The SMILES string of the molecule is CCOc1ccc2ncnc(Nc3ccc(Oc4ccc5scnc5c4)c(C)c3)c2c1. The van der Waals surface area contributed by atoms with Crippen LogP contribution in [0.15, 0.2) is 66.4 Å². The monoisotopic (exact) mass is 428 g/mol. The summed E-state index contributed by atoms with van der Waals surface area (Å²) in [6.07, 6.45) is 1.56. The number of hydrogen-bond donors (Lipinski definition) is 1. The topological polar surface area (TPSA) is 69.2 Å². The summed E-state index contributed by atoms with van der Waals surface area (Å²) in [6.45, 7) is 4.59. The van der Waals surface area contributed by atoms with E-state index in [0.717, 1.165) is 55.4 Å². The van der Waals surface area contributed by atoms with E-state index in [0.29, 0.717) is 6.61 Å². The van der Waals surface area contributed by atoms with Gasteiger partial charge in [-0.1, -0.05) is 0 Å². The number of nitrogens with zero attached hydrogens (tertiary/aromatic N) is 3. The summed E-state index contributed by atoms with van der Waals surface area (Å²) in [4.78, 5) is 13.1. The van der Waals surface area contributed by atoms with E-state index < -0.39 is 0 Å². The zero-order valence-corrected chi connectivity index (χ0v) is 17.9. The molecular weight excluding hydrogens is 408 g/mol. The van der Waals surface area contributed by atoms with Gasteiger partial charge in [0.2, 0.25) is 0 Å². The summed E-state index contributed by atoms with van der Waals surface area (Å²) in [6, 6.07) is 17.7. The fourth-order valence-corrected chi connectivity index (χ4v) is 4.06.